The molecule has 0 aliphatic carbocycles. The first-order chi connectivity index (χ1) is 9.96. The molecule has 122 valence electrons. The minimum absolute atomic E-state index is 0.374. The molecule has 0 spiro atoms. The van der Waals surface area contributed by atoms with Crippen LogP contribution in [0.2, 0.25) is 5.15 Å². The van der Waals surface area contributed by atoms with Crippen LogP contribution in [0.3, 0.4) is 0 Å². The van der Waals surface area contributed by atoms with Crippen LogP contribution in [0.4, 0.5) is 8.78 Å². The zero-order chi connectivity index (χ0) is 15.9. The van der Waals surface area contributed by atoms with Gasteiger partial charge in [0.1, 0.15) is 0 Å². The average molecular weight is 321 g/mol. The van der Waals surface area contributed by atoms with Crippen molar-refractivity contribution < 1.29 is 8.78 Å². The average Bonchev–Trinajstić information content (AvgIpc) is 2.73. The van der Waals surface area contributed by atoms with Crippen molar-refractivity contribution in [1.29, 1.82) is 0 Å². The fourth-order valence-electron chi connectivity index (χ4n) is 2.72. The van der Waals surface area contributed by atoms with E-state index < -0.39 is 17.3 Å². The summed E-state index contributed by atoms with van der Waals surface area (Å²) < 4.78 is 28.7. The summed E-state index contributed by atoms with van der Waals surface area (Å²) in [6.45, 7) is 6.22. The van der Waals surface area contributed by atoms with Gasteiger partial charge >= 0.3 is 0 Å². The summed E-state index contributed by atoms with van der Waals surface area (Å²) in [5.74, 6) is -1.97. The Morgan fingerprint density at radius 2 is 1.57 bits per heavy atom. The fourth-order valence-corrected chi connectivity index (χ4v) is 2.87. The van der Waals surface area contributed by atoms with Crippen LogP contribution >= 0.6 is 11.6 Å². The molecule has 0 bridgehead atoms. The van der Waals surface area contributed by atoms with E-state index in [1.165, 1.54) is 23.9 Å². The highest BCUT2D eigenvalue weighted by molar-refractivity contribution is 6.29. The molecular formula is C16H27ClF2N2. The lowest BCUT2D eigenvalue weighted by atomic mass is 9.88. The van der Waals surface area contributed by atoms with Gasteiger partial charge < -0.3 is 0 Å². The molecule has 0 saturated heterocycles. The lowest BCUT2D eigenvalue weighted by molar-refractivity contribution is 0.196. The SMILES string of the molecule is CCCCCCCC(C)(CCCC)n1nc(Cl)c(F)c1F. The first-order valence-electron chi connectivity index (χ1n) is 8.06. The number of nitrogens with zero attached hydrogens (tertiary/aromatic N) is 2. The third-order valence-corrected chi connectivity index (χ3v) is 4.38. The smallest absolute Gasteiger partial charge is 0.230 e. The van der Waals surface area contributed by atoms with Crippen LogP contribution in [0.5, 0.6) is 0 Å². The first kappa shape index (κ1) is 18.4. The molecule has 0 aliphatic heterocycles. The summed E-state index contributed by atoms with van der Waals surface area (Å²) in [7, 11) is 0. The Morgan fingerprint density at radius 1 is 1.00 bits per heavy atom. The molecular weight excluding hydrogens is 294 g/mol. The molecule has 5 heteroatoms. The molecule has 1 aromatic rings. The van der Waals surface area contributed by atoms with Crippen LogP contribution in [0.15, 0.2) is 0 Å². The number of hydrogen-bond donors (Lipinski definition) is 0. The Hall–Kier alpha value is -0.640. The van der Waals surface area contributed by atoms with Gasteiger partial charge in [0, 0.05) is 0 Å². The van der Waals surface area contributed by atoms with Crippen molar-refractivity contribution in [3.8, 4) is 0 Å². The number of aromatic nitrogens is 2. The molecule has 1 aromatic heterocycles. The van der Waals surface area contributed by atoms with Crippen LogP contribution in [-0.2, 0) is 5.54 Å². The third-order valence-electron chi connectivity index (χ3n) is 4.14. The molecule has 0 radical (unpaired) electrons. The normalized spacial score (nSPS) is 14.4. The molecule has 1 heterocycles. The Morgan fingerprint density at radius 3 is 2.10 bits per heavy atom. The van der Waals surface area contributed by atoms with Gasteiger partial charge in [-0.2, -0.15) is 13.9 Å². The molecule has 0 N–H and O–H groups in total. The van der Waals surface area contributed by atoms with Crippen molar-refractivity contribution in [2.75, 3.05) is 0 Å². The van der Waals surface area contributed by atoms with E-state index in [1.54, 1.807) is 0 Å². The maximum atomic E-state index is 14.0. The Kier molecular flexibility index (Phi) is 7.64. The van der Waals surface area contributed by atoms with Crippen LogP contribution in [0.25, 0.3) is 0 Å². The minimum atomic E-state index is -1.04. The van der Waals surface area contributed by atoms with Gasteiger partial charge in [-0.05, 0) is 19.8 Å². The van der Waals surface area contributed by atoms with Crippen molar-refractivity contribution in [2.24, 2.45) is 0 Å². The zero-order valence-electron chi connectivity index (χ0n) is 13.4. The second-order valence-corrected chi connectivity index (χ2v) is 6.43. The van der Waals surface area contributed by atoms with Gasteiger partial charge in [-0.1, -0.05) is 70.4 Å². The number of rotatable bonds is 10. The second-order valence-electron chi connectivity index (χ2n) is 6.07. The highest BCUT2D eigenvalue weighted by Gasteiger charge is 2.32. The molecule has 0 aromatic carbocycles. The molecule has 0 aliphatic rings. The predicted octanol–water partition coefficient (Wildman–Crippen LogP) is 6.08. The van der Waals surface area contributed by atoms with Crippen molar-refractivity contribution in [2.45, 2.75) is 84.1 Å². The molecule has 0 amide bonds. The first-order valence-corrected chi connectivity index (χ1v) is 8.44. The van der Waals surface area contributed by atoms with Gasteiger partial charge in [-0.25, -0.2) is 4.68 Å². The summed E-state index contributed by atoms with van der Waals surface area (Å²) >= 11 is 5.63. The van der Waals surface area contributed by atoms with Crippen molar-refractivity contribution in [3.63, 3.8) is 0 Å². The Labute approximate surface area is 131 Å². The van der Waals surface area contributed by atoms with Gasteiger partial charge in [0.25, 0.3) is 0 Å². The standard InChI is InChI=1S/C16H27ClF2N2/c1-4-6-8-9-10-12-16(3,11-7-5-2)21-15(19)13(18)14(17)20-21/h4-12H2,1-3H3. The molecule has 0 fully saturated rings. The summed E-state index contributed by atoms with van der Waals surface area (Å²) in [4.78, 5) is 0. The fraction of sp³-hybridized carbons (Fsp3) is 0.812. The van der Waals surface area contributed by atoms with Gasteiger partial charge in [-0.3, -0.25) is 0 Å². The Bertz CT molecular complexity index is 434. The molecule has 0 saturated carbocycles. The molecule has 1 unspecified atom stereocenters. The van der Waals surface area contributed by atoms with Crippen molar-refractivity contribution in [3.05, 3.63) is 16.9 Å². The summed E-state index contributed by atoms with van der Waals surface area (Å²) in [6, 6.07) is 0. The lowest BCUT2D eigenvalue weighted by Crippen LogP contribution is -2.32. The lowest BCUT2D eigenvalue weighted by Gasteiger charge is -2.30. The van der Waals surface area contributed by atoms with Crippen LogP contribution in [0, 0.1) is 11.8 Å². The molecule has 1 atom stereocenters. The third kappa shape index (κ3) is 4.94. The van der Waals surface area contributed by atoms with E-state index in [0.29, 0.717) is 0 Å². The van der Waals surface area contributed by atoms with E-state index in [2.05, 4.69) is 18.9 Å². The monoisotopic (exact) mass is 320 g/mol. The van der Waals surface area contributed by atoms with Gasteiger partial charge in [0.05, 0.1) is 5.54 Å². The number of unbranched alkanes of at least 4 members (excludes halogenated alkanes) is 5. The second kappa shape index (κ2) is 8.72. The van der Waals surface area contributed by atoms with Crippen molar-refractivity contribution in [1.82, 2.24) is 9.78 Å². The number of hydrogen-bond acceptors (Lipinski definition) is 1. The van der Waals surface area contributed by atoms with Crippen LogP contribution in [0.1, 0.15) is 78.6 Å². The van der Waals surface area contributed by atoms with E-state index in [9.17, 15) is 8.78 Å². The molecule has 2 nitrogen and oxygen atoms in total. The molecule has 1 rings (SSSR count). The van der Waals surface area contributed by atoms with E-state index in [0.717, 1.165) is 38.5 Å². The largest absolute Gasteiger partial charge is 0.249 e. The quantitative estimate of drug-likeness (QED) is 0.478. The van der Waals surface area contributed by atoms with Gasteiger partial charge in [0.2, 0.25) is 11.8 Å². The minimum Gasteiger partial charge on any atom is -0.230 e. The Balaban J connectivity index is 2.79. The summed E-state index contributed by atoms with van der Waals surface area (Å²) in [5.41, 5.74) is -0.500. The van der Waals surface area contributed by atoms with E-state index >= 15 is 0 Å². The van der Waals surface area contributed by atoms with Gasteiger partial charge in [-0.15, -0.1) is 0 Å². The summed E-state index contributed by atoms with van der Waals surface area (Å²) in [6.07, 6.45) is 9.29. The number of halogens is 3. The predicted molar refractivity (Wildman–Crippen MR) is 83.7 cm³/mol. The van der Waals surface area contributed by atoms with Crippen LogP contribution < -0.4 is 0 Å². The summed E-state index contributed by atoms with van der Waals surface area (Å²) in [5, 5.41) is 3.51. The topological polar surface area (TPSA) is 17.8 Å². The zero-order valence-corrected chi connectivity index (χ0v) is 14.1. The molecule has 21 heavy (non-hydrogen) atoms. The maximum absolute atomic E-state index is 14.0. The van der Waals surface area contributed by atoms with E-state index in [1.807, 2.05) is 6.92 Å². The van der Waals surface area contributed by atoms with E-state index in [-0.39, 0.29) is 5.15 Å². The maximum Gasteiger partial charge on any atom is 0.249 e. The van der Waals surface area contributed by atoms with Crippen LogP contribution in [-0.4, -0.2) is 9.78 Å². The van der Waals surface area contributed by atoms with Crippen molar-refractivity contribution >= 4 is 11.6 Å². The highest BCUT2D eigenvalue weighted by Crippen LogP contribution is 2.32. The van der Waals surface area contributed by atoms with Gasteiger partial charge in [0.15, 0.2) is 5.15 Å². The highest BCUT2D eigenvalue weighted by atomic mass is 35.5. The van der Waals surface area contributed by atoms with E-state index in [4.69, 9.17) is 11.6 Å².